The van der Waals surface area contributed by atoms with Crippen molar-refractivity contribution in [3.8, 4) is 0 Å². The number of hydrogen-bond donors (Lipinski definition) is 1. The Kier molecular flexibility index (Phi) is 4.90. The Morgan fingerprint density at radius 3 is 2.33 bits per heavy atom. The van der Waals surface area contributed by atoms with Gasteiger partial charge in [0, 0.05) is 0 Å². The summed E-state index contributed by atoms with van der Waals surface area (Å²) >= 11 is 0. The van der Waals surface area contributed by atoms with Crippen molar-refractivity contribution in [1.29, 1.82) is 0 Å². The summed E-state index contributed by atoms with van der Waals surface area (Å²) in [6.07, 6.45) is -1.36. The van der Waals surface area contributed by atoms with Gasteiger partial charge in [0.25, 0.3) is 0 Å². The van der Waals surface area contributed by atoms with Gasteiger partial charge in [0.1, 0.15) is 11.3 Å². The highest BCUT2D eigenvalue weighted by atomic mass is 16.6. The lowest BCUT2D eigenvalue weighted by Crippen LogP contribution is -2.47. The first-order chi connectivity index (χ1) is 11.0. The van der Waals surface area contributed by atoms with Gasteiger partial charge in [0.05, 0.1) is 18.6 Å². The first kappa shape index (κ1) is 18.3. The highest BCUT2D eigenvalue weighted by Crippen LogP contribution is 2.43. The number of hydrogen-bond acceptors (Lipinski definition) is 4. The first-order valence-electron chi connectivity index (χ1n) is 7.98. The molecule has 24 heavy (non-hydrogen) atoms. The van der Waals surface area contributed by atoms with E-state index in [0.717, 1.165) is 5.56 Å². The van der Waals surface area contributed by atoms with Crippen molar-refractivity contribution in [3.05, 3.63) is 35.9 Å². The molecule has 1 aliphatic heterocycles. The number of amides is 1. The summed E-state index contributed by atoms with van der Waals surface area (Å²) < 4.78 is 11.4. The van der Waals surface area contributed by atoms with Crippen molar-refractivity contribution in [2.75, 3.05) is 0 Å². The quantitative estimate of drug-likeness (QED) is 0.914. The van der Waals surface area contributed by atoms with E-state index in [1.807, 2.05) is 30.3 Å². The Labute approximate surface area is 142 Å². The SMILES string of the molecule is CC(C)(C)OC(=O)N1C(c2ccccc2)C(CC(=O)O)OC1(C)C. The summed E-state index contributed by atoms with van der Waals surface area (Å²) in [7, 11) is 0. The molecule has 0 aliphatic carbocycles. The van der Waals surface area contributed by atoms with E-state index in [-0.39, 0.29) is 6.42 Å². The van der Waals surface area contributed by atoms with Crippen molar-refractivity contribution in [2.45, 2.75) is 64.5 Å². The van der Waals surface area contributed by atoms with Crippen molar-refractivity contribution >= 4 is 12.1 Å². The third-order valence-corrected chi connectivity index (χ3v) is 3.76. The molecule has 0 aromatic heterocycles. The lowest BCUT2D eigenvalue weighted by molar-refractivity contribution is -0.141. The number of ether oxygens (including phenoxy) is 2. The second-order valence-electron chi connectivity index (χ2n) is 7.41. The summed E-state index contributed by atoms with van der Waals surface area (Å²) in [4.78, 5) is 25.5. The largest absolute Gasteiger partial charge is 0.481 e. The molecule has 2 atom stereocenters. The van der Waals surface area contributed by atoms with Crippen LogP contribution in [0.15, 0.2) is 30.3 Å². The lowest BCUT2D eigenvalue weighted by atomic mass is 9.98. The number of carbonyl (C=O) groups excluding carboxylic acids is 1. The fourth-order valence-corrected chi connectivity index (χ4v) is 2.98. The van der Waals surface area contributed by atoms with E-state index in [2.05, 4.69) is 0 Å². The van der Waals surface area contributed by atoms with E-state index in [4.69, 9.17) is 9.47 Å². The molecular weight excluding hydrogens is 310 g/mol. The van der Waals surface area contributed by atoms with Crippen molar-refractivity contribution < 1.29 is 24.2 Å². The van der Waals surface area contributed by atoms with Gasteiger partial charge in [-0.25, -0.2) is 4.79 Å². The normalized spacial score (nSPS) is 23.1. The summed E-state index contributed by atoms with van der Waals surface area (Å²) in [6.45, 7) is 8.87. The van der Waals surface area contributed by atoms with Gasteiger partial charge in [-0.2, -0.15) is 0 Å². The van der Waals surface area contributed by atoms with Gasteiger partial charge in [0.15, 0.2) is 0 Å². The number of carboxylic acids is 1. The van der Waals surface area contributed by atoms with E-state index in [0.29, 0.717) is 0 Å². The smallest absolute Gasteiger partial charge is 0.413 e. The molecule has 6 nitrogen and oxygen atoms in total. The minimum Gasteiger partial charge on any atom is -0.481 e. The molecule has 1 N–H and O–H groups in total. The number of benzene rings is 1. The summed E-state index contributed by atoms with van der Waals surface area (Å²) in [5.41, 5.74) is -0.803. The highest BCUT2D eigenvalue weighted by molar-refractivity contribution is 5.71. The minimum absolute atomic E-state index is 0.192. The molecule has 0 radical (unpaired) electrons. The Morgan fingerprint density at radius 1 is 1.25 bits per heavy atom. The topological polar surface area (TPSA) is 76.1 Å². The van der Waals surface area contributed by atoms with Crippen LogP contribution in [-0.4, -0.2) is 39.5 Å². The minimum atomic E-state index is -0.970. The Morgan fingerprint density at radius 2 is 1.83 bits per heavy atom. The third kappa shape index (κ3) is 4.06. The maximum absolute atomic E-state index is 12.8. The molecule has 1 amide bonds. The summed E-state index contributed by atoms with van der Waals surface area (Å²) in [5.74, 6) is -0.970. The zero-order chi connectivity index (χ0) is 18.1. The molecular formula is C18H25NO5. The molecule has 1 fully saturated rings. The molecule has 0 spiro atoms. The molecule has 2 rings (SSSR count). The molecule has 1 aromatic rings. The molecule has 1 aliphatic rings. The fourth-order valence-electron chi connectivity index (χ4n) is 2.98. The van der Waals surface area contributed by atoms with E-state index in [9.17, 15) is 14.7 Å². The predicted molar refractivity (Wildman–Crippen MR) is 88.5 cm³/mol. The van der Waals surface area contributed by atoms with Crippen LogP contribution in [-0.2, 0) is 14.3 Å². The molecule has 1 heterocycles. The molecule has 0 bridgehead atoms. The zero-order valence-electron chi connectivity index (χ0n) is 14.8. The van der Waals surface area contributed by atoms with Crippen LogP contribution < -0.4 is 0 Å². The van der Waals surface area contributed by atoms with Crippen LogP contribution in [0.5, 0.6) is 0 Å². The average Bonchev–Trinajstić information content (AvgIpc) is 2.67. The summed E-state index contributed by atoms with van der Waals surface area (Å²) in [6, 6.07) is 8.78. The second-order valence-corrected chi connectivity index (χ2v) is 7.41. The second kappa shape index (κ2) is 6.43. The van der Waals surface area contributed by atoms with Crippen LogP contribution in [0.3, 0.4) is 0 Å². The van der Waals surface area contributed by atoms with Gasteiger partial charge in [-0.05, 0) is 40.2 Å². The monoisotopic (exact) mass is 335 g/mol. The molecule has 2 unspecified atom stereocenters. The van der Waals surface area contributed by atoms with E-state index in [1.54, 1.807) is 34.6 Å². The van der Waals surface area contributed by atoms with Gasteiger partial charge in [-0.3, -0.25) is 9.69 Å². The highest BCUT2D eigenvalue weighted by Gasteiger charge is 2.52. The number of rotatable bonds is 3. The van der Waals surface area contributed by atoms with Crippen LogP contribution in [0.1, 0.15) is 52.6 Å². The van der Waals surface area contributed by atoms with Gasteiger partial charge in [-0.1, -0.05) is 30.3 Å². The van der Waals surface area contributed by atoms with E-state index in [1.165, 1.54) is 4.90 Å². The maximum Gasteiger partial charge on any atom is 0.413 e. The summed E-state index contributed by atoms with van der Waals surface area (Å²) in [5, 5.41) is 9.21. The zero-order valence-corrected chi connectivity index (χ0v) is 14.8. The maximum atomic E-state index is 12.8. The third-order valence-electron chi connectivity index (χ3n) is 3.76. The van der Waals surface area contributed by atoms with E-state index < -0.39 is 35.5 Å². The van der Waals surface area contributed by atoms with Crippen molar-refractivity contribution in [2.24, 2.45) is 0 Å². The Balaban J connectivity index is 2.43. The van der Waals surface area contributed by atoms with Crippen LogP contribution >= 0.6 is 0 Å². The van der Waals surface area contributed by atoms with Crippen molar-refractivity contribution in [1.82, 2.24) is 4.90 Å². The van der Waals surface area contributed by atoms with E-state index >= 15 is 0 Å². The predicted octanol–water partition coefficient (Wildman–Crippen LogP) is 3.57. The molecule has 1 aromatic carbocycles. The molecule has 1 saturated heterocycles. The average molecular weight is 335 g/mol. The van der Waals surface area contributed by atoms with Gasteiger partial charge in [0.2, 0.25) is 0 Å². The number of carboxylic acid groups (broad SMARTS) is 1. The number of aliphatic carboxylic acids is 1. The Hall–Kier alpha value is -2.08. The van der Waals surface area contributed by atoms with Crippen molar-refractivity contribution in [3.63, 3.8) is 0 Å². The van der Waals surface area contributed by atoms with Gasteiger partial charge < -0.3 is 14.6 Å². The number of nitrogens with zero attached hydrogens (tertiary/aromatic N) is 1. The van der Waals surface area contributed by atoms with Crippen LogP contribution in [0.2, 0.25) is 0 Å². The van der Waals surface area contributed by atoms with Gasteiger partial charge >= 0.3 is 12.1 Å². The molecule has 6 heteroatoms. The molecule has 132 valence electrons. The van der Waals surface area contributed by atoms with Crippen LogP contribution in [0, 0.1) is 0 Å². The van der Waals surface area contributed by atoms with Crippen LogP contribution in [0.4, 0.5) is 4.79 Å². The first-order valence-corrected chi connectivity index (χ1v) is 7.98. The number of carbonyl (C=O) groups is 2. The van der Waals surface area contributed by atoms with Crippen LogP contribution in [0.25, 0.3) is 0 Å². The lowest BCUT2D eigenvalue weighted by Gasteiger charge is -2.35. The standard InChI is InChI=1S/C18H25NO5/c1-17(2,3)24-16(22)19-15(12-9-7-6-8-10-12)13(11-14(20)21)23-18(19,4)5/h6-10,13,15H,11H2,1-5H3,(H,20,21). The fraction of sp³-hybridized carbons (Fsp3) is 0.556. The molecule has 0 saturated carbocycles. The Bertz CT molecular complexity index is 606. The van der Waals surface area contributed by atoms with Gasteiger partial charge in [-0.15, -0.1) is 0 Å².